The van der Waals surface area contributed by atoms with E-state index in [1.807, 2.05) is 12.2 Å². The summed E-state index contributed by atoms with van der Waals surface area (Å²) in [6, 6.07) is 0. The summed E-state index contributed by atoms with van der Waals surface area (Å²) >= 11 is 3.21. The monoisotopic (exact) mass is 144 g/mol. The van der Waals surface area contributed by atoms with Crippen LogP contribution in [0.1, 0.15) is 0 Å². The second-order valence-electron chi connectivity index (χ2n) is 0.861. The Morgan fingerprint density at radius 3 is 2.33 bits per heavy atom. The number of halogens is 1. The molecule has 0 heterocycles. The molecule has 0 amide bonds. The highest BCUT2D eigenvalue weighted by molar-refractivity contribution is 9.09. The molecule has 0 aliphatic rings. The molecule has 6 heavy (non-hydrogen) atoms. The second-order valence-corrected chi connectivity index (χ2v) is 1.51. The fourth-order valence-electron chi connectivity index (χ4n) is 0.159. The van der Waals surface area contributed by atoms with Crippen LogP contribution in [0.25, 0.3) is 0 Å². The third-order valence-electron chi connectivity index (χ3n) is 0.392. The standard InChI is InChI=1S/C4H6BBr/c5-3-1-2-4-6/h1-2H,3-4H2/b2-1-. The van der Waals surface area contributed by atoms with Gasteiger partial charge in [-0.2, -0.15) is 0 Å². The van der Waals surface area contributed by atoms with Gasteiger partial charge in [-0.05, 0) is 0 Å². The molecule has 0 saturated carbocycles. The van der Waals surface area contributed by atoms with Crippen molar-refractivity contribution in [3.05, 3.63) is 12.2 Å². The van der Waals surface area contributed by atoms with E-state index < -0.39 is 0 Å². The number of hydrogen-bond acceptors (Lipinski definition) is 0. The van der Waals surface area contributed by atoms with Crippen LogP contribution in [-0.4, -0.2) is 13.2 Å². The van der Waals surface area contributed by atoms with Crippen LogP contribution in [0.2, 0.25) is 6.32 Å². The van der Waals surface area contributed by atoms with Crippen LogP contribution in [0.4, 0.5) is 0 Å². The van der Waals surface area contributed by atoms with Gasteiger partial charge in [-0.1, -0.05) is 34.4 Å². The van der Waals surface area contributed by atoms with Crippen molar-refractivity contribution in [2.24, 2.45) is 0 Å². The number of rotatable bonds is 2. The van der Waals surface area contributed by atoms with Gasteiger partial charge in [0.2, 0.25) is 0 Å². The van der Waals surface area contributed by atoms with E-state index in [0.29, 0.717) is 6.32 Å². The van der Waals surface area contributed by atoms with Crippen LogP contribution >= 0.6 is 15.9 Å². The number of allylic oxidation sites excluding steroid dienone is 2. The maximum Gasteiger partial charge on any atom is 0.0708 e. The molecule has 0 aromatic rings. The van der Waals surface area contributed by atoms with Crippen molar-refractivity contribution in [3.63, 3.8) is 0 Å². The van der Waals surface area contributed by atoms with E-state index in [9.17, 15) is 0 Å². The molecule has 0 rings (SSSR count). The van der Waals surface area contributed by atoms with Gasteiger partial charge in [-0.15, -0.1) is 0 Å². The van der Waals surface area contributed by atoms with Gasteiger partial charge in [0.1, 0.15) is 0 Å². The third-order valence-corrected chi connectivity index (χ3v) is 0.766. The topological polar surface area (TPSA) is 0 Å². The van der Waals surface area contributed by atoms with Gasteiger partial charge in [-0.25, -0.2) is 0 Å². The average molecular weight is 145 g/mol. The molecule has 0 atom stereocenters. The normalized spacial score (nSPS) is 10.2. The molecule has 0 saturated heterocycles. The molecule has 0 N–H and O–H groups in total. The predicted molar refractivity (Wildman–Crippen MR) is 33.5 cm³/mol. The molecule has 0 fully saturated rings. The van der Waals surface area contributed by atoms with Crippen molar-refractivity contribution in [2.75, 3.05) is 5.33 Å². The van der Waals surface area contributed by atoms with Gasteiger partial charge in [0.25, 0.3) is 0 Å². The molecule has 0 spiro atoms. The molecule has 0 bridgehead atoms. The first-order valence-corrected chi connectivity index (χ1v) is 2.95. The molecular weight excluding hydrogens is 139 g/mol. The van der Waals surface area contributed by atoms with Crippen molar-refractivity contribution in [1.29, 1.82) is 0 Å². The molecule has 0 aromatic carbocycles. The summed E-state index contributed by atoms with van der Waals surface area (Å²) in [7, 11) is 5.11. The van der Waals surface area contributed by atoms with Crippen LogP contribution in [0.5, 0.6) is 0 Å². The maximum absolute atomic E-state index is 5.11. The lowest BCUT2D eigenvalue weighted by Crippen LogP contribution is -1.58. The minimum absolute atomic E-state index is 0.644. The zero-order chi connectivity index (χ0) is 4.83. The van der Waals surface area contributed by atoms with Crippen LogP contribution in [0, 0.1) is 0 Å². The van der Waals surface area contributed by atoms with E-state index in [4.69, 9.17) is 7.85 Å². The van der Waals surface area contributed by atoms with Crippen LogP contribution in [0.3, 0.4) is 0 Å². The summed E-state index contributed by atoms with van der Waals surface area (Å²) < 4.78 is 0. The first-order chi connectivity index (χ1) is 2.91. The Morgan fingerprint density at radius 2 is 2.17 bits per heavy atom. The lowest BCUT2D eigenvalue weighted by Gasteiger charge is -1.71. The minimum Gasteiger partial charge on any atom is -0.0963 e. The van der Waals surface area contributed by atoms with Crippen LogP contribution in [-0.2, 0) is 0 Å². The molecule has 32 valence electrons. The van der Waals surface area contributed by atoms with E-state index in [0.717, 1.165) is 5.33 Å². The fourth-order valence-corrected chi connectivity index (χ4v) is 0.424. The Bertz CT molecular complexity index is 36.8. The van der Waals surface area contributed by atoms with Gasteiger partial charge >= 0.3 is 0 Å². The van der Waals surface area contributed by atoms with Gasteiger partial charge in [-0.3, -0.25) is 0 Å². The van der Waals surface area contributed by atoms with E-state index >= 15 is 0 Å². The second kappa shape index (κ2) is 5.28. The lowest BCUT2D eigenvalue weighted by atomic mass is 10.1. The van der Waals surface area contributed by atoms with Gasteiger partial charge in [0, 0.05) is 5.33 Å². The Hall–Kier alpha value is 0.285. The zero-order valence-corrected chi connectivity index (χ0v) is 5.11. The first kappa shape index (κ1) is 6.28. The van der Waals surface area contributed by atoms with Crippen molar-refractivity contribution in [2.45, 2.75) is 6.32 Å². The highest BCUT2D eigenvalue weighted by atomic mass is 79.9. The summed E-state index contributed by atoms with van der Waals surface area (Å²) in [6.07, 6.45) is 4.53. The summed E-state index contributed by atoms with van der Waals surface area (Å²) in [4.78, 5) is 0. The van der Waals surface area contributed by atoms with Crippen molar-refractivity contribution in [3.8, 4) is 0 Å². The molecule has 0 unspecified atom stereocenters. The average Bonchev–Trinajstić information content (AvgIpc) is 1.61. The first-order valence-electron chi connectivity index (χ1n) is 1.83. The molecule has 0 aliphatic heterocycles. The number of alkyl halides is 1. The maximum atomic E-state index is 5.11. The fraction of sp³-hybridized carbons (Fsp3) is 0.500. The SMILES string of the molecule is [B]C/C=C\CBr. The predicted octanol–water partition coefficient (Wildman–Crippen LogP) is 1.52. The summed E-state index contributed by atoms with van der Waals surface area (Å²) in [6.45, 7) is 0. The van der Waals surface area contributed by atoms with Gasteiger partial charge < -0.3 is 0 Å². The van der Waals surface area contributed by atoms with Crippen LogP contribution in [0.15, 0.2) is 12.2 Å². The largest absolute Gasteiger partial charge is 0.0963 e. The highest BCUT2D eigenvalue weighted by Crippen LogP contribution is 1.82. The van der Waals surface area contributed by atoms with E-state index in [2.05, 4.69) is 15.9 Å². The number of hydrogen-bond donors (Lipinski definition) is 0. The molecular formula is C4H6BBr. The Kier molecular flexibility index (Phi) is 5.54. The summed E-state index contributed by atoms with van der Waals surface area (Å²) in [5.74, 6) is 0. The van der Waals surface area contributed by atoms with Crippen molar-refractivity contribution >= 4 is 23.8 Å². The van der Waals surface area contributed by atoms with Gasteiger partial charge in [0.05, 0.1) is 7.85 Å². The molecule has 2 heteroatoms. The van der Waals surface area contributed by atoms with Crippen LogP contribution < -0.4 is 0 Å². The third kappa shape index (κ3) is 4.28. The Morgan fingerprint density at radius 1 is 1.50 bits per heavy atom. The highest BCUT2D eigenvalue weighted by Gasteiger charge is 1.61. The quantitative estimate of drug-likeness (QED) is 0.313. The van der Waals surface area contributed by atoms with Crippen molar-refractivity contribution < 1.29 is 0 Å². The van der Waals surface area contributed by atoms with E-state index in [1.54, 1.807) is 0 Å². The van der Waals surface area contributed by atoms with Gasteiger partial charge in [0.15, 0.2) is 0 Å². The Balaban J connectivity index is 2.73. The summed E-state index contributed by atoms with van der Waals surface area (Å²) in [5, 5.41) is 0.907. The lowest BCUT2D eigenvalue weighted by molar-refractivity contribution is 1.65. The zero-order valence-electron chi connectivity index (χ0n) is 3.52. The minimum atomic E-state index is 0.644. The smallest absolute Gasteiger partial charge is 0.0708 e. The Labute approximate surface area is 48.2 Å². The molecule has 0 aromatic heterocycles. The van der Waals surface area contributed by atoms with Crippen molar-refractivity contribution in [1.82, 2.24) is 0 Å². The molecule has 0 aliphatic carbocycles. The van der Waals surface area contributed by atoms with E-state index in [-0.39, 0.29) is 0 Å². The summed E-state index contributed by atoms with van der Waals surface area (Å²) in [5.41, 5.74) is 0. The van der Waals surface area contributed by atoms with E-state index in [1.165, 1.54) is 0 Å². The molecule has 2 radical (unpaired) electrons. The molecule has 0 nitrogen and oxygen atoms in total.